The zero-order chi connectivity index (χ0) is 13.8. The molecule has 1 aromatic heterocycles. The van der Waals surface area contributed by atoms with Gasteiger partial charge in [-0.1, -0.05) is 12.1 Å². The van der Waals surface area contributed by atoms with Crippen LogP contribution in [0.3, 0.4) is 0 Å². The lowest BCUT2D eigenvalue weighted by Crippen LogP contribution is -1.98. The first kappa shape index (κ1) is 14.8. The van der Waals surface area contributed by atoms with E-state index in [1.54, 1.807) is 7.11 Å². The first-order valence-corrected chi connectivity index (χ1v) is 8.11. The van der Waals surface area contributed by atoms with Crippen LogP contribution in [0.1, 0.15) is 21.7 Å². The molecule has 100 valence electrons. The Morgan fingerprint density at radius 2 is 1.95 bits per heavy atom. The zero-order valence-electron chi connectivity index (χ0n) is 10.3. The Hall–Kier alpha value is -0.650. The molecule has 0 aliphatic carbocycles. The third-order valence-electron chi connectivity index (χ3n) is 2.72. The highest BCUT2D eigenvalue weighted by atomic mass is 79.9. The van der Waals surface area contributed by atoms with Crippen LogP contribution in [0.4, 0.5) is 0 Å². The van der Waals surface area contributed by atoms with Crippen molar-refractivity contribution in [2.75, 3.05) is 7.11 Å². The normalized spacial score (nSPS) is 10.5. The fraction of sp³-hybridized carbons (Fsp3) is 0.214. The fourth-order valence-electron chi connectivity index (χ4n) is 1.66. The van der Waals surface area contributed by atoms with Crippen molar-refractivity contribution >= 4 is 49.0 Å². The van der Waals surface area contributed by atoms with Crippen LogP contribution >= 0.6 is 43.2 Å². The van der Waals surface area contributed by atoms with E-state index < -0.39 is 0 Å². The molecule has 1 heterocycles. The number of ether oxygens (including phenoxy) is 1. The molecule has 0 saturated heterocycles. The molecule has 19 heavy (non-hydrogen) atoms. The lowest BCUT2D eigenvalue weighted by atomic mass is 10.1. The smallest absolute Gasteiger partial charge is 0.173 e. The number of methoxy groups -OCH3 is 1. The van der Waals surface area contributed by atoms with Gasteiger partial charge in [0, 0.05) is 10.9 Å². The van der Waals surface area contributed by atoms with Crippen LogP contribution in [0.2, 0.25) is 0 Å². The number of carbonyl (C=O) groups is 1. The van der Waals surface area contributed by atoms with Crippen LogP contribution in [0.15, 0.2) is 38.6 Å². The van der Waals surface area contributed by atoms with Gasteiger partial charge in [0.05, 0.1) is 15.8 Å². The average Bonchev–Trinajstić information content (AvgIpc) is 2.77. The van der Waals surface area contributed by atoms with Crippen LogP contribution in [0.25, 0.3) is 0 Å². The third kappa shape index (κ3) is 3.91. The van der Waals surface area contributed by atoms with Crippen molar-refractivity contribution in [3.63, 3.8) is 0 Å². The second kappa shape index (κ2) is 6.68. The summed E-state index contributed by atoms with van der Waals surface area (Å²) in [7, 11) is 1.64. The molecule has 2 rings (SSSR count). The van der Waals surface area contributed by atoms with Crippen molar-refractivity contribution < 1.29 is 9.53 Å². The second-order valence-electron chi connectivity index (χ2n) is 4.00. The maximum absolute atomic E-state index is 12.1. The van der Waals surface area contributed by atoms with Crippen LogP contribution in [0, 0.1) is 0 Å². The summed E-state index contributed by atoms with van der Waals surface area (Å²) in [5.41, 5.74) is 1.14. The molecule has 1 aromatic carbocycles. The number of halogens is 2. The molecule has 0 radical (unpaired) electrons. The minimum Gasteiger partial charge on any atom is -0.497 e. The van der Waals surface area contributed by atoms with E-state index in [-0.39, 0.29) is 5.78 Å². The standard InChI is InChI=1S/C14H12Br2O2S/c1-18-10-5-2-9(3-6-10)4-7-12(17)13-8-11(15)14(16)19-13/h2-3,5-6,8H,4,7H2,1H3. The Kier molecular flexibility index (Phi) is 5.19. The lowest BCUT2D eigenvalue weighted by molar-refractivity contribution is 0.0986. The summed E-state index contributed by atoms with van der Waals surface area (Å²) in [5.74, 6) is 1.01. The summed E-state index contributed by atoms with van der Waals surface area (Å²) in [5, 5.41) is 0. The van der Waals surface area contributed by atoms with Gasteiger partial charge in [0.1, 0.15) is 5.75 Å². The molecule has 0 atom stereocenters. The van der Waals surface area contributed by atoms with Gasteiger partial charge in [-0.2, -0.15) is 0 Å². The lowest BCUT2D eigenvalue weighted by Gasteiger charge is -2.02. The molecule has 5 heteroatoms. The van der Waals surface area contributed by atoms with Gasteiger partial charge in [0.25, 0.3) is 0 Å². The fourth-order valence-corrected chi connectivity index (χ4v) is 3.66. The Labute approximate surface area is 133 Å². The maximum atomic E-state index is 12.1. The molecular weight excluding hydrogens is 392 g/mol. The van der Waals surface area contributed by atoms with Crippen LogP contribution in [-0.2, 0) is 6.42 Å². The number of carbonyl (C=O) groups excluding carboxylic acids is 1. The Balaban J connectivity index is 1.96. The second-order valence-corrected chi connectivity index (χ2v) is 7.23. The highest BCUT2D eigenvalue weighted by Gasteiger charge is 2.12. The molecular formula is C14H12Br2O2S. The number of hydrogen-bond donors (Lipinski definition) is 0. The Morgan fingerprint density at radius 3 is 2.47 bits per heavy atom. The summed E-state index contributed by atoms with van der Waals surface area (Å²) in [4.78, 5) is 12.8. The zero-order valence-corrected chi connectivity index (χ0v) is 14.3. The van der Waals surface area contributed by atoms with Gasteiger partial charge in [-0.05, 0) is 62.0 Å². The van der Waals surface area contributed by atoms with E-state index in [4.69, 9.17) is 4.74 Å². The third-order valence-corrected chi connectivity index (χ3v) is 6.02. The summed E-state index contributed by atoms with van der Waals surface area (Å²) < 4.78 is 7.00. The minimum absolute atomic E-state index is 0.173. The number of Topliss-reactive ketones (excluding diaryl/α,β-unsaturated/α-hetero) is 1. The quantitative estimate of drug-likeness (QED) is 0.649. The number of hydrogen-bond acceptors (Lipinski definition) is 3. The molecule has 0 bridgehead atoms. The van der Waals surface area contributed by atoms with E-state index in [1.165, 1.54) is 11.3 Å². The molecule has 0 spiro atoms. The molecule has 2 nitrogen and oxygen atoms in total. The molecule has 2 aromatic rings. The van der Waals surface area contributed by atoms with E-state index in [9.17, 15) is 4.79 Å². The molecule has 0 aliphatic heterocycles. The van der Waals surface area contributed by atoms with Crippen molar-refractivity contribution in [2.45, 2.75) is 12.8 Å². The van der Waals surface area contributed by atoms with E-state index in [2.05, 4.69) is 31.9 Å². The first-order valence-electron chi connectivity index (χ1n) is 5.71. The van der Waals surface area contributed by atoms with E-state index in [1.807, 2.05) is 30.3 Å². The van der Waals surface area contributed by atoms with Crippen molar-refractivity contribution in [3.05, 3.63) is 49.0 Å². The maximum Gasteiger partial charge on any atom is 0.173 e. The number of aryl methyl sites for hydroxylation is 1. The van der Waals surface area contributed by atoms with Crippen LogP contribution in [0.5, 0.6) is 5.75 Å². The molecule has 0 aliphatic rings. The van der Waals surface area contributed by atoms with E-state index in [0.717, 1.165) is 30.9 Å². The summed E-state index contributed by atoms with van der Waals surface area (Å²) >= 11 is 8.26. The number of thiophene rings is 1. The molecule has 0 saturated carbocycles. The summed E-state index contributed by atoms with van der Waals surface area (Å²) in [6.07, 6.45) is 1.27. The highest BCUT2D eigenvalue weighted by Crippen LogP contribution is 2.33. The van der Waals surface area contributed by atoms with Gasteiger partial charge in [-0.15, -0.1) is 11.3 Å². The van der Waals surface area contributed by atoms with E-state index >= 15 is 0 Å². The summed E-state index contributed by atoms with van der Waals surface area (Å²) in [6, 6.07) is 9.68. The predicted molar refractivity (Wildman–Crippen MR) is 85.4 cm³/mol. The monoisotopic (exact) mass is 402 g/mol. The summed E-state index contributed by atoms with van der Waals surface area (Å²) in [6.45, 7) is 0. The van der Waals surface area contributed by atoms with Crippen molar-refractivity contribution in [1.82, 2.24) is 0 Å². The largest absolute Gasteiger partial charge is 0.497 e. The predicted octanol–water partition coefficient (Wildman–Crippen LogP) is 5.10. The molecule has 0 fully saturated rings. The van der Waals surface area contributed by atoms with E-state index in [0.29, 0.717) is 6.42 Å². The SMILES string of the molecule is COc1ccc(CCC(=O)c2cc(Br)c(Br)s2)cc1. The highest BCUT2D eigenvalue weighted by molar-refractivity contribution is 9.13. The van der Waals surface area contributed by atoms with Crippen LogP contribution in [-0.4, -0.2) is 12.9 Å². The number of ketones is 1. The number of rotatable bonds is 5. The number of benzene rings is 1. The molecule has 0 N–H and O–H groups in total. The Bertz CT molecular complexity index is 556. The van der Waals surface area contributed by atoms with Gasteiger partial charge in [0.15, 0.2) is 5.78 Å². The van der Waals surface area contributed by atoms with Crippen molar-refractivity contribution in [2.24, 2.45) is 0 Å². The molecule has 0 amide bonds. The minimum atomic E-state index is 0.173. The topological polar surface area (TPSA) is 26.3 Å². The van der Waals surface area contributed by atoms with Crippen LogP contribution < -0.4 is 4.74 Å². The van der Waals surface area contributed by atoms with Crippen molar-refractivity contribution in [1.29, 1.82) is 0 Å². The molecule has 0 unspecified atom stereocenters. The van der Waals surface area contributed by atoms with Gasteiger partial charge in [-0.25, -0.2) is 0 Å². The van der Waals surface area contributed by atoms with Gasteiger partial charge in [-0.3, -0.25) is 4.79 Å². The first-order chi connectivity index (χ1) is 9.10. The average molecular weight is 404 g/mol. The van der Waals surface area contributed by atoms with Crippen molar-refractivity contribution in [3.8, 4) is 5.75 Å². The van der Waals surface area contributed by atoms with Gasteiger partial charge >= 0.3 is 0 Å². The Morgan fingerprint density at radius 1 is 1.26 bits per heavy atom. The van der Waals surface area contributed by atoms with Gasteiger partial charge in [0.2, 0.25) is 0 Å². The van der Waals surface area contributed by atoms with Gasteiger partial charge < -0.3 is 4.74 Å².